The van der Waals surface area contributed by atoms with Crippen LogP contribution in [0.5, 0.6) is 5.75 Å². The molecule has 2 N–H and O–H groups in total. The minimum Gasteiger partial charge on any atom is -0.487 e. The summed E-state index contributed by atoms with van der Waals surface area (Å²) in [5.74, 6) is 0.515. The van der Waals surface area contributed by atoms with Gasteiger partial charge in [-0.3, -0.25) is 9.97 Å². The van der Waals surface area contributed by atoms with Crippen LogP contribution in [0.25, 0.3) is 11.3 Å². The molecule has 1 amide bonds. The lowest BCUT2D eigenvalue weighted by Crippen LogP contribution is -2.28. The smallest absolute Gasteiger partial charge is 0.404 e. The van der Waals surface area contributed by atoms with Crippen molar-refractivity contribution in [2.75, 3.05) is 13.2 Å². The van der Waals surface area contributed by atoms with E-state index in [1.807, 2.05) is 12.1 Å². The lowest BCUT2D eigenvalue weighted by atomic mass is 10.1. The summed E-state index contributed by atoms with van der Waals surface area (Å²) in [6.07, 6.45) is 3.99. The molecule has 130 valence electrons. The van der Waals surface area contributed by atoms with Gasteiger partial charge in [0, 0.05) is 36.6 Å². The standard InChI is InChI=1S/C16H15ClN4O4/c17-11-4-14(15(19-7-11)10-2-1-3-18-6-10)24-9-13-5-12(21-25-13)8-20-16(22)23/h1-4,6-7,13,20H,5,8-9H2,(H,22,23). The second-order valence-electron chi connectivity index (χ2n) is 5.30. The molecule has 1 unspecified atom stereocenters. The predicted molar refractivity (Wildman–Crippen MR) is 90.9 cm³/mol. The molecule has 3 rings (SSSR count). The average molecular weight is 363 g/mol. The van der Waals surface area contributed by atoms with Crippen molar-refractivity contribution in [3.05, 3.63) is 41.8 Å². The summed E-state index contributed by atoms with van der Waals surface area (Å²) in [4.78, 5) is 24.2. The summed E-state index contributed by atoms with van der Waals surface area (Å²) < 4.78 is 5.82. The van der Waals surface area contributed by atoms with E-state index in [1.54, 1.807) is 24.7 Å². The third-order valence-corrected chi connectivity index (χ3v) is 3.62. The van der Waals surface area contributed by atoms with Gasteiger partial charge in [0.25, 0.3) is 0 Å². The van der Waals surface area contributed by atoms with Crippen molar-refractivity contribution >= 4 is 23.4 Å². The quantitative estimate of drug-likeness (QED) is 0.818. The Kier molecular flexibility index (Phi) is 5.30. The minimum absolute atomic E-state index is 0.130. The highest BCUT2D eigenvalue weighted by atomic mass is 35.5. The van der Waals surface area contributed by atoms with Crippen LogP contribution in [0.1, 0.15) is 6.42 Å². The van der Waals surface area contributed by atoms with Gasteiger partial charge in [0.1, 0.15) is 18.1 Å². The Balaban J connectivity index is 1.63. The van der Waals surface area contributed by atoms with Gasteiger partial charge in [-0.05, 0) is 12.1 Å². The monoisotopic (exact) mass is 362 g/mol. The molecule has 2 aromatic heterocycles. The molecule has 0 bridgehead atoms. The Morgan fingerprint density at radius 3 is 3.12 bits per heavy atom. The first-order valence-electron chi connectivity index (χ1n) is 7.49. The van der Waals surface area contributed by atoms with Crippen molar-refractivity contribution in [2.24, 2.45) is 5.16 Å². The number of aromatic nitrogens is 2. The Morgan fingerprint density at radius 1 is 1.48 bits per heavy atom. The first-order chi connectivity index (χ1) is 12.1. The van der Waals surface area contributed by atoms with Gasteiger partial charge in [-0.15, -0.1) is 0 Å². The highest BCUT2D eigenvalue weighted by Crippen LogP contribution is 2.30. The topological polar surface area (TPSA) is 106 Å². The van der Waals surface area contributed by atoms with Crippen molar-refractivity contribution in [1.82, 2.24) is 15.3 Å². The van der Waals surface area contributed by atoms with Crippen LogP contribution in [-0.2, 0) is 4.84 Å². The van der Waals surface area contributed by atoms with Crippen LogP contribution in [0, 0.1) is 0 Å². The summed E-state index contributed by atoms with van der Waals surface area (Å²) in [6.45, 7) is 0.362. The second kappa shape index (κ2) is 7.80. The molecule has 0 aliphatic carbocycles. The normalized spacial score (nSPS) is 16.0. The molecule has 9 heteroatoms. The number of nitrogens with one attached hydrogen (secondary N) is 1. The van der Waals surface area contributed by atoms with E-state index in [9.17, 15) is 4.79 Å². The number of ether oxygens (including phenoxy) is 1. The van der Waals surface area contributed by atoms with Crippen molar-refractivity contribution in [1.29, 1.82) is 0 Å². The van der Waals surface area contributed by atoms with Gasteiger partial charge in [0.15, 0.2) is 6.10 Å². The first kappa shape index (κ1) is 17.0. The van der Waals surface area contributed by atoms with Gasteiger partial charge in [-0.1, -0.05) is 16.8 Å². The number of hydrogen-bond donors (Lipinski definition) is 2. The van der Waals surface area contributed by atoms with Crippen molar-refractivity contribution < 1.29 is 19.5 Å². The second-order valence-corrected chi connectivity index (χ2v) is 5.74. The molecule has 0 radical (unpaired) electrons. The molecule has 3 heterocycles. The molecular weight excluding hydrogens is 348 g/mol. The van der Waals surface area contributed by atoms with Crippen LogP contribution < -0.4 is 10.1 Å². The Labute approximate surface area is 148 Å². The molecule has 0 spiro atoms. The minimum atomic E-state index is -1.10. The van der Waals surface area contributed by atoms with E-state index in [0.29, 0.717) is 28.6 Å². The van der Waals surface area contributed by atoms with Crippen molar-refractivity contribution in [2.45, 2.75) is 12.5 Å². The number of hydrogen-bond acceptors (Lipinski definition) is 6. The highest BCUT2D eigenvalue weighted by molar-refractivity contribution is 6.30. The summed E-state index contributed by atoms with van der Waals surface area (Å²) in [6, 6.07) is 5.37. The van der Waals surface area contributed by atoms with Gasteiger partial charge in [0.2, 0.25) is 0 Å². The summed E-state index contributed by atoms with van der Waals surface area (Å²) in [7, 11) is 0. The lowest BCUT2D eigenvalue weighted by Gasteiger charge is -2.13. The lowest BCUT2D eigenvalue weighted by molar-refractivity contribution is 0.0471. The molecule has 0 saturated carbocycles. The number of rotatable bonds is 6. The third-order valence-electron chi connectivity index (χ3n) is 3.42. The van der Waals surface area contributed by atoms with Crippen molar-refractivity contribution in [3.8, 4) is 17.0 Å². The van der Waals surface area contributed by atoms with Gasteiger partial charge in [-0.25, -0.2) is 4.79 Å². The van der Waals surface area contributed by atoms with E-state index in [1.165, 1.54) is 0 Å². The van der Waals surface area contributed by atoms with E-state index in [2.05, 4.69) is 20.4 Å². The molecule has 0 saturated heterocycles. The maximum absolute atomic E-state index is 10.5. The van der Waals surface area contributed by atoms with Crippen LogP contribution in [0.4, 0.5) is 4.79 Å². The fraction of sp³-hybridized carbons (Fsp3) is 0.250. The Hall–Kier alpha value is -2.87. The largest absolute Gasteiger partial charge is 0.487 e. The molecule has 8 nitrogen and oxygen atoms in total. The van der Waals surface area contributed by atoms with Gasteiger partial charge >= 0.3 is 6.09 Å². The SMILES string of the molecule is O=C(O)NCC1=NOC(COc2cc(Cl)cnc2-c2cccnc2)C1. The zero-order valence-electron chi connectivity index (χ0n) is 13.1. The van der Waals surface area contributed by atoms with Gasteiger partial charge < -0.3 is 20.0 Å². The number of amides is 1. The Morgan fingerprint density at radius 2 is 2.36 bits per heavy atom. The van der Waals surface area contributed by atoms with Crippen LogP contribution in [0.3, 0.4) is 0 Å². The number of nitrogens with zero attached hydrogens (tertiary/aromatic N) is 3. The maximum atomic E-state index is 10.5. The van der Waals surface area contributed by atoms with Crippen LogP contribution >= 0.6 is 11.6 Å². The van der Waals surface area contributed by atoms with E-state index >= 15 is 0 Å². The van der Waals surface area contributed by atoms with E-state index < -0.39 is 6.09 Å². The fourth-order valence-corrected chi connectivity index (χ4v) is 2.44. The van der Waals surface area contributed by atoms with Crippen LogP contribution in [0.2, 0.25) is 5.02 Å². The molecular formula is C16H15ClN4O4. The molecule has 1 aliphatic heterocycles. The van der Waals surface area contributed by atoms with E-state index in [-0.39, 0.29) is 19.3 Å². The zero-order chi connectivity index (χ0) is 17.6. The van der Waals surface area contributed by atoms with Gasteiger partial charge in [-0.2, -0.15) is 0 Å². The number of carbonyl (C=O) groups is 1. The molecule has 1 atom stereocenters. The Bertz CT molecular complexity index is 785. The predicted octanol–water partition coefficient (Wildman–Crippen LogP) is 2.59. The molecule has 0 fully saturated rings. The number of carboxylic acid groups (broad SMARTS) is 1. The van der Waals surface area contributed by atoms with Crippen LogP contribution in [-0.4, -0.2) is 46.1 Å². The van der Waals surface area contributed by atoms with Crippen molar-refractivity contribution in [3.63, 3.8) is 0 Å². The van der Waals surface area contributed by atoms with E-state index in [0.717, 1.165) is 5.56 Å². The summed E-state index contributed by atoms with van der Waals surface area (Å²) in [5.41, 5.74) is 2.06. The summed E-state index contributed by atoms with van der Waals surface area (Å²) >= 11 is 6.02. The van der Waals surface area contributed by atoms with E-state index in [4.69, 9.17) is 26.3 Å². The third kappa shape index (κ3) is 4.57. The van der Waals surface area contributed by atoms with Crippen LogP contribution in [0.15, 0.2) is 41.9 Å². The van der Waals surface area contributed by atoms with Gasteiger partial charge in [0.05, 0.1) is 17.3 Å². The molecule has 1 aliphatic rings. The molecule has 0 aromatic carbocycles. The number of oxime groups is 1. The first-order valence-corrected chi connectivity index (χ1v) is 7.86. The fourth-order valence-electron chi connectivity index (χ4n) is 2.29. The summed E-state index contributed by atoms with van der Waals surface area (Å²) in [5, 5.41) is 15.2. The number of halogens is 1. The number of pyridine rings is 2. The molecule has 2 aromatic rings. The highest BCUT2D eigenvalue weighted by Gasteiger charge is 2.23. The average Bonchev–Trinajstić information content (AvgIpc) is 3.07. The maximum Gasteiger partial charge on any atom is 0.404 e. The zero-order valence-corrected chi connectivity index (χ0v) is 13.8. The molecule has 25 heavy (non-hydrogen) atoms.